The van der Waals surface area contributed by atoms with Crippen molar-refractivity contribution >= 4 is 0 Å². The van der Waals surface area contributed by atoms with E-state index in [0.29, 0.717) is 17.1 Å². The zero-order valence-electron chi connectivity index (χ0n) is 15.7. The van der Waals surface area contributed by atoms with Crippen LogP contribution in [0.3, 0.4) is 0 Å². The molecule has 0 radical (unpaired) electrons. The van der Waals surface area contributed by atoms with Gasteiger partial charge in [-0.25, -0.2) is 9.36 Å². The van der Waals surface area contributed by atoms with Gasteiger partial charge in [0.15, 0.2) is 5.69 Å². The van der Waals surface area contributed by atoms with Crippen molar-refractivity contribution in [3.05, 3.63) is 88.8 Å². The lowest BCUT2D eigenvalue weighted by Crippen LogP contribution is -2.19. The second kappa shape index (κ2) is 7.51. The van der Waals surface area contributed by atoms with Crippen molar-refractivity contribution in [1.82, 2.24) is 19.6 Å². The van der Waals surface area contributed by atoms with Crippen molar-refractivity contribution in [2.75, 3.05) is 0 Å². The smallest absolute Gasteiger partial charge is 0.406 e. The summed E-state index contributed by atoms with van der Waals surface area (Å²) < 4.78 is 44.7. The van der Waals surface area contributed by atoms with Crippen LogP contribution >= 0.6 is 0 Å². The normalized spacial score (nSPS) is 11.5. The minimum atomic E-state index is -4.81. The number of aryl methyl sites for hydroxylation is 1. The van der Waals surface area contributed by atoms with Crippen LogP contribution in [0.1, 0.15) is 5.69 Å². The van der Waals surface area contributed by atoms with E-state index >= 15 is 0 Å². The van der Waals surface area contributed by atoms with E-state index in [9.17, 15) is 18.0 Å². The van der Waals surface area contributed by atoms with Crippen LogP contribution in [0.15, 0.2) is 77.7 Å². The first-order valence-electron chi connectivity index (χ1n) is 8.89. The van der Waals surface area contributed by atoms with Gasteiger partial charge in [0.05, 0.1) is 23.3 Å². The highest BCUT2D eigenvalue weighted by Gasteiger charge is 2.31. The maximum absolute atomic E-state index is 12.7. The Balaban J connectivity index is 1.82. The molecule has 0 bridgehead atoms. The van der Waals surface area contributed by atoms with Crippen molar-refractivity contribution in [2.24, 2.45) is 0 Å². The standard InChI is InChI=1S/C21H15F3N4O2/c1-14-12-19(29)20(18-10-11-25-28(18)15-6-3-2-4-7-15)26-27(14)16-8-5-9-17(13-16)30-21(22,23)24/h2-13H,1H3. The molecule has 0 unspecified atom stereocenters. The molecule has 0 fully saturated rings. The molecule has 0 N–H and O–H groups in total. The van der Waals surface area contributed by atoms with Crippen molar-refractivity contribution in [3.8, 4) is 28.5 Å². The summed E-state index contributed by atoms with van der Waals surface area (Å²) in [6, 6.07) is 17.6. The zero-order chi connectivity index (χ0) is 21.3. The molecule has 0 saturated heterocycles. The summed E-state index contributed by atoms with van der Waals surface area (Å²) in [7, 11) is 0. The summed E-state index contributed by atoms with van der Waals surface area (Å²) >= 11 is 0. The van der Waals surface area contributed by atoms with Gasteiger partial charge >= 0.3 is 6.36 Å². The van der Waals surface area contributed by atoms with Gasteiger partial charge in [-0.3, -0.25) is 4.79 Å². The van der Waals surface area contributed by atoms with Gasteiger partial charge < -0.3 is 4.74 Å². The summed E-state index contributed by atoms with van der Waals surface area (Å²) in [5.41, 5.74) is 1.77. The Morgan fingerprint density at radius 3 is 2.37 bits per heavy atom. The van der Waals surface area contributed by atoms with Crippen LogP contribution in [0.2, 0.25) is 0 Å². The highest BCUT2D eigenvalue weighted by atomic mass is 19.4. The van der Waals surface area contributed by atoms with Crippen molar-refractivity contribution in [1.29, 1.82) is 0 Å². The molecule has 9 heteroatoms. The van der Waals surface area contributed by atoms with Crippen LogP contribution < -0.4 is 10.2 Å². The molecule has 4 aromatic rings. The highest BCUT2D eigenvalue weighted by Crippen LogP contribution is 2.25. The number of para-hydroxylation sites is 1. The number of hydrogen-bond donors (Lipinski definition) is 0. The molecule has 152 valence electrons. The topological polar surface area (TPSA) is 61.9 Å². The zero-order valence-corrected chi connectivity index (χ0v) is 15.7. The van der Waals surface area contributed by atoms with Gasteiger partial charge in [-0.2, -0.15) is 10.2 Å². The Bertz CT molecular complexity index is 1250. The number of rotatable bonds is 4. The molecule has 0 aliphatic carbocycles. The molecule has 0 atom stereocenters. The molecule has 30 heavy (non-hydrogen) atoms. The number of benzene rings is 2. The van der Waals surface area contributed by atoms with Gasteiger partial charge in [0, 0.05) is 17.8 Å². The number of hydrogen-bond acceptors (Lipinski definition) is 4. The molecule has 0 aliphatic rings. The van der Waals surface area contributed by atoms with Crippen LogP contribution in [0.4, 0.5) is 13.2 Å². The fourth-order valence-corrected chi connectivity index (χ4v) is 3.06. The van der Waals surface area contributed by atoms with Crippen molar-refractivity contribution in [2.45, 2.75) is 13.3 Å². The van der Waals surface area contributed by atoms with Crippen molar-refractivity contribution in [3.63, 3.8) is 0 Å². The Morgan fingerprint density at radius 2 is 1.63 bits per heavy atom. The third-order valence-electron chi connectivity index (χ3n) is 4.29. The van der Waals surface area contributed by atoms with Crippen LogP contribution in [0, 0.1) is 6.92 Å². The van der Waals surface area contributed by atoms with Crippen molar-refractivity contribution < 1.29 is 17.9 Å². The second-order valence-corrected chi connectivity index (χ2v) is 6.42. The molecule has 2 aromatic heterocycles. The molecule has 0 amide bonds. The average Bonchev–Trinajstić information content (AvgIpc) is 3.17. The van der Waals surface area contributed by atoms with E-state index < -0.39 is 6.36 Å². The monoisotopic (exact) mass is 412 g/mol. The fourth-order valence-electron chi connectivity index (χ4n) is 3.06. The quantitative estimate of drug-likeness (QED) is 0.502. The third-order valence-corrected chi connectivity index (χ3v) is 4.29. The maximum atomic E-state index is 12.7. The van der Waals surface area contributed by atoms with Crippen LogP contribution in [0.25, 0.3) is 22.8 Å². The SMILES string of the molecule is Cc1cc(=O)c(-c2ccnn2-c2ccccc2)nn1-c1cccc(OC(F)(F)F)c1. The summed E-state index contributed by atoms with van der Waals surface area (Å²) in [6.07, 6.45) is -3.26. The first-order valence-corrected chi connectivity index (χ1v) is 8.89. The molecular weight excluding hydrogens is 397 g/mol. The Morgan fingerprint density at radius 1 is 0.900 bits per heavy atom. The summed E-state index contributed by atoms with van der Waals surface area (Å²) in [4.78, 5) is 12.7. The van der Waals surface area contributed by atoms with E-state index in [2.05, 4.69) is 14.9 Å². The Kier molecular flexibility index (Phi) is 4.86. The van der Waals surface area contributed by atoms with E-state index in [1.54, 1.807) is 29.9 Å². The van der Waals surface area contributed by atoms with E-state index in [1.807, 2.05) is 30.3 Å². The Labute approximate surface area is 168 Å². The number of nitrogens with zero attached hydrogens (tertiary/aromatic N) is 4. The van der Waals surface area contributed by atoms with Gasteiger partial charge in [0.2, 0.25) is 5.43 Å². The third kappa shape index (κ3) is 3.95. The summed E-state index contributed by atoms with van der Waals surface area (Å²) in [5.74, 6) is -0.379. The lowest BCUT2D eigenvalue weighted by Gasteiger charge is -2.14. The lowest BCUT2D eigenvalue weighted by atomic mass is 10.2. The minimum Gasteiger partial charge on any atom is -0.406 e. The predicted molar refractivity (Wildman–Crippen MR) is 104 cm³/mol. The second-order valence-electron chi connectivity index (χ2n) is 6.42. The predicted octanol–water partition coefficient (Wildman–Crippen LogP) is 4.29. The number of ether oxygens (including phenoxy) is 1. The number of halogens is 3. The first-order chi connectivity index (χ1) is 14.3. The van der Waals surface area contributed by atoms with Gasteiger partial charge in [-0.1, -0.05) is 24.3 Å². The lowest BCUT2D eigenvalue weighted by molar-refractivity contribution is -0.274. The van der Waals surface area contributed by atoms with Crippen LogP contribution in [-0.2, 0) is 0 Å². The summed E-state index contributed by atoms with van der Waals surface area (Å²) in [6.45, 7) is 1.64. The highest BCUT2D eigenvalue weighted by molar-refractivity contribution is 5.57. The molecule has 2 aromatic carbocycles. The van der Waals surface area contributed by atoms with Gasteiger partial charge in [0.1, 0.15) is 5.75 Å². The van der Waals surface area contributed by atoms with Gasteiger partial charge in [0.25, 0.3) is 0 Å². The largest absolute Gasteiger partial charge is 0.573 e. The molecular formula is C21H15F3N4O2. The van der Waals surface area contributed by atoms with Crippen LogP contribution in [-0.4, -0.2) is 25.9 Å². The molecule has 0 saturated carbocycles. The maximum Gasteiger partial charge on any atom is 0.573 e. The van der Waals surface area contributed by atoms with E-state index in [1.165, 1.54) is 28.9 Å². The molecule has 2 heterocycles. The number of alkyl halides is 3. The Hall–Kier alpha value is -3.88. The first kappa shape index (κ1) is 19.4. The van der Waals surface area contributed by atoms with Gasteiger partial charge in [-0.05, 0) is 37.3 Å². The van der Waals surface area contributed by atoms with E-state index in [-0.39, 0.29) is 16.9 Å². The summed E-state index contributed by atoms with van der Waals surface area (Å²) in [5, 5.41) is 8.68. The minimum absolute atomic E-state index is 0.115. The molecule has 0 spiro atoms. The number of aromatic nitrogens is 4. The average molecular weight is 412 g/mol. The fraction of sp³-hybridized carbons (Fsp3) is 0.0952. The van der Waals surface area contributed by atoms with Gasteiger partial charge in [-0.15, -0.1) is 13.2 Å². The van der Waals surface area contributed by atoms with Crippen LogP contribution in [0.5, 0.6) is 5.75 Å². The molecule has 0 aliphatic heterocycles. The van der Waals surface area contributed by atoms with E-state index in [0.717, 1.165) is 5.69 Å². The molecule has 6 nitrogen and oxygen atoms in total. The molecule has 4 rings (SSSR count). The van der Waals surface area contributed by atoms with E-state index in [4.69, 9.17) is 0 Å².